The molecule has 0 aliphatic heterocycles. The fourth-order valence-corrected chi connectivity index (χ4v) is 2.20. The molecule has 1 aromatic heterocycles. The Balaban J connectivity index is 1.95. The number of nitrogens with one attached hydrogen (secondary N) is 2. The second-order valence-electron chi connectivity index (χ2n) is 6.25. The Hall–Kier alpha value is -3.16. The molecule has 2 N–H and O–H groups in total. The van der Waals surface area contributed by atoms with Crippen LogP contribution < -0.4 is 10.6 Å². The molecule has 0 fully saturated rings. The first-order chi connectivity index (χ1) is 12.8. The lowest BCUT2D eigenvalue weighted by Gasteiger charge is -2.22. The normalized spacial score (nSPS) is 12.9. The summed E-state index contributed by atoms with van der Waals surface area (Å²) in [4.78, 5) is 36.6. The Morgan fingerprint density at radius 3 is 2.30 bits per heavy atom. The lowest BCUT2D eigenvalue weighted by molar-refractivity contribution is -0.156. The summed E-state index contributed by atoms with van der Waals surface area (Å²) >= 11 is 0. The monoisotopic (exact) mass is 376 g/mol. The van der Waals surface area contributed by atoms with Gasteiger partial charge in [-0.15, -0.1) is 0 Å². The lowest BCUT2D eigenvalue weighted by atomic mass is 10.0. The van der Waals surface area contributed by atoms with Gasteiger partial charge in [-0.05, 0) is 49.2 Å². The van der Waals surface area contributed by atoms with E-state index in [-0.39, 0.29) is 11.7 Å². The predicted octanol–water partition coefficient (Wildman–Crippen LogP) is 2.74. The van der Waals surface area contributed by atoms with E-state index in [2.05, 4.69) is 10.6 Å². The van der Waals surface area contributed by atoms with Crippen LogP contribution in [-0.4, -0.2) is 29.9 Å². The number of rotatable bonds is 7. The Morgan fingerprint density at radius 1 is 1.07 bits per heavy atom. The van der Waals surface area contributed by atoms with E-state index in [1.54, 1.807) is 19.9 Å². The molecule has 8 heteroatoms. The van der Waals surface area contributed by atoms with Gasteiger partial charge in [0.2, 0.25) is 0 Å². The van der Waals surface area contributed by atoms with Crippen molar-refractivity contribution in [2.45, 2.75) is 32.9 Å². The number of carbonyl (C=O) groups excluding carboxylic acids is 3. The van der Waals surface area contributed by atoms with Crippen LogP contribution in [0.5, 0.6) is 0 Å². The topological polar surface area (TPSA) is 97.6 Å². The minimum absolute atomic E-state index is 0.0653. The van der Waals surface area contributed by atoms with Crippen LogP contribution in [0.4, 0.5) is 10.1 Å². The summed E-state index contributed by atoms with van der Waals surface area (Å²) in [7, 11) is 0. The number of furan rings is 1. The van der Waals surface area contributed by atoms with Crippen LogP contribution >= 0.6 is 0 Å². The van der Waals surface area contributed by atoms with E-state index in [9.17, 15) is 18.8 Å². The van der Waals surface area contributed by atoms with Crippen molar-refractivity contribution in [2.24, 2.45) is 5.92 Å². The van der Waals surface area contributed by atoms with Gasteiger partial charge in [-0.25, -0.2) is 9.18 Å². The van der Waals surface area contributed by atoms with Gasteiger partial charge in [-0.2, -0.15) is 0 Å². The van der Waals surface area contributed by atoms with E-state index in [1.807, 2.05) is 0 Å². The third-order valence-corrected chi connectivity index (χ3v) is 3.73. The van der Waals surface area contributed by atoms with Gasteiger partial charge in [0.15, 0.2) is 11.9 Å². The van der Waals surface area contributed by atoms with Gasteiger partial charge < -0.3 is 19.8 Å². The summed E-state index contributed by atoms with van der Waals surface area (Å²) in [5.74, 6) is -2.51. The van der Waals surface area contributed by atoms with Gasteiger partial charge in [0.1, 0.15) is 11.9 Å². The molecule has 0 saturated carbocycles. The average Bonchev–Trinajstić information content (AvgIpc) is 3.15. The highest BCUT2D eigenvalue weighted by atomic mass is 19.1. The molecular formula is C19H21FN2O5. The SMILES string of the molecule is CC(C)[C@H](NC(=O)c1ccco1)C(=O)O[C@@H](C)C(=O)Nc1ccc(F)cc1. The fourth-order valence-electron chi connectivity index (χ4n) is 2.20. The average molecular weight is 376 g/mol. The van der Waals surface area contributed by atoms with Crippen LogP contribution in [0.25, 0.3) is 0 Å². The first-order valence-corrected chi connectivity index (χ1v) is 8.39. The lowest BCUT2D eigenvalue weighted by Crippen LogP contribution is -2.47. The summed E-state index contributed by atoms with van der Waals surface area (Å²) in [6.45, 7) is 4.87. The summed E-state index contributed by atoms with van der Waals surface area (Å²) in [6.07, 6.45) is 0.240. The van der Waals surface area contributed by atoms with E-state index in [1.165, 1.54) is 43.5 Å². The first kappa shape index (κ1) is 20.2. The summed E-state index contributed by atoms with van der Waals surface area (Å²) in [5, 5.41) is 5.06. The first-order valence-electron chi connectivity index (χ1n) is 8.39. The molecule has 7 nitrogen and oxygen atoms in total. The van der Waals surface area contributed by atoms with Crippen molar-refractivity contribution in [1.29, 1.82) is 0 Å². The fraction of sp³-hybridized carbons (Fsp3) is 0.316. The zero-order chi connectivity index (χ0) is 20.0. The third kappa shape index (κ3) is 5.67. The van der Waals surface area contributed by atoms with Crippen LogP contribution in [0.3, 0.4) is 0 Å². The molecule has 0 bridgehead atoms. The number of amides is 2. The maximum atomic E-state index is 12.9. The van der Waals surface area contributed by atoms with Gasteiger partial charge >= 0.3 is 5.97 Å². The third-order valence-electron chi connectivity index (χ3n) is 3.73. The largest absolute Gasteiger partial charge is 0.459 e. The summed E-state index contributed by atoms with van der Waals surface area (Å²) in [6, 6.07) is 7.25. The zero-order valence-electron chi connectivity index (χ0n) is 15.2. The molecule has 1 aromatic carbocycles. The Morgan fingerprint density at radius 2 is 1.74 bits per heavy atom. The minimum atomic E-state index is -1.11. The van der Waals surface area contributed by atoms with Crippen LogP contribution in [-0.2, 0) is 14.3 Å². The molecule has 2 aromatic rings. The number of benzene rings is 1. The summed E-state index contributed by atoms with van der Waals surface area (Å²) in [5.41, 5.74) is 0.371. The van der Waals surface area contributed by atoms with Crippen LogP contribution in [0.2, 0.25) is 0 Å². The van der Waals surface area contributed by atoms with E-state index in [4.69, 9.17) is 9.15 Å². The molecule has 144 valence electrons. The van der Waals surface area contributed by atoms with E-state index in [0.717, 1.165) is 0 Å². The van der Waals surface area contributed by atoms with Gasteiger partial charge in [-0.3, -0.25) is 9.59 Å². The van der Waals surface area contributed by atoms with Crippen molar-refractivity contribution in [3.8, 4) is 0 Å². The maximum Gasteiger partial charge on any atom is 0.329 e. The Labute approximate surface area is 155 Å². The van der Waals surface area contributed by atoms with Crippen LogP contribution in [0.15, 0.2) is 47.1 Å². The van der Waals surface area contributed by atoms with E-state index in [0.29, 0.717) is 5.69 Å². The number of carbonyl (C=O) groups is 3. The molecule has 2 atom stereocenters. The van der Waals surface area contributed by atoms with Crippen molar-refractivity contribution in [1.82, 2.24) is 5.32 Å². The van der Waals surface area contributed by atoms with Gasteiger partial charge in [0, 0.05) is 5.69 Å². The molecular weight excluding hydrogens is 355 g/mol. The number of anilines is 1. The number of ether oxygens (including phenoxy) is 1. The summed E-state index contributed by atoms with van der Waals surface area (Å²) < 4.78 is 23.1. The highest BCUT2D eigenvalue weighted by Gasteiger charge is 2.29. The molecule has 2 amide bonds. The van der Waals surface area contributed by atoms with Crippen LogP contribution in [0, 0.1) is 11.7 Å². The Bertz CT molecular complexity index is 787. The van der Waals surface area contributed by atoms with Crippen LogP contribution in [0.1, 0.15) is 31.3 Å². The molecule has 0 spiro atoms. The standard InChI is InChI=1S/C19H21FN2O5/c1-11(2)16(22-18(24)15-5-4-10-26-15)19(25)27-12(3)17(23)21-14-8-6-13(20)7-9-14/h4-12,16H,1-3H3,(H,21,23)(H,22,24)/t12-,16-/m0/s1. The maximum absolute atomic E-state index is 12.9. The predicted molar refractivity (Wildman–Crippen MR) is 95.4 cm³/mol. The van der Waals surface area contributed by atoms with Gasteiger partial charge in [-0.1, -0.05) is 13.8 Å². The highest BCUT2D eigenvalue weighted by Crippen LogP contribution is 2.11. The van der Waals surface area contributed by atoms with Crippen molar-refractivity contribution in [2.75, 3.05) is 5.32 Å². The molecule has 0 unspecified atom stereocenters. The number of hydrogen-bond donors (Lipinski definition) is 2. The van der Waals surface area contributed by atoms with Gasteiger partial charge in [0.05, 0.1) is 6.26 Å². The van der Waals surface area contributed by atoms with Crippen molar-refractivity contribution in [3.05, 3.63) is 54.2 Å². The molecule has 0 aliphatic rings. The zero-order valence-corrected chi connectivity index (χ0v) is 15.2. The van der Waals surface area contributed by atoms with Crippen molar-refractivity contribution >= 4 is 23.5 Å². The minimum Gasteiger partial charge on any atom is -0.459 e. The molecule has 0 saturated heterocycles. The van der Waals surface area contributed by atoms with E-state index < -0.39 is 35.7 Å². The van der Waals surface area contributed by atoms with Crippen molar-refractivity contribution in [3.63, 3.8) is 0 Å². The number of esters is 1. The molecule has 27 heavy (non-hydrogen) atoms. The number of halogens is 1. The Kier molecular flexibility index (Phi) is 6.70. The molecule has 2 rings (SSSR count). The molecule has 0 aliphatic carbocycles. The molecule has 1 heterocycles. The second kappa shape index (κ2) is 8.98. The number of hydrogen-bond acceptors (Lipinski definition) is 5. The van der Waals surface area contributed by atoms with Gasteiger partial charge in [0.25, 0.3) is 11.8 Å². The highest BCUT2D eigenvalue weighted by molar-refractivity contribution is 5.97. The second-order valence-corrected chi connectivity index (χ2v) is 6.25. The van der Waals surface area contributed by atoms with E-state index >= 15 is 0 Å². The quantitative estimate of drug-likeness (QED) is 0.724. The smallest absolute Gasteiger partial charge is 0.329 e. The molecule has 0 radical (unpaired) electrons. The van der Waals surface area contributed by atoms with Crippen molar-refractivity contribution < 1.29 is 27.9 Å².